The van der Waals surface area contributed by atoms with Gasteiger partial charge in [0, 0.05) is 0 Å². The monoisotopic (exact) mass is 170 g/mol. The minimum absolute atomic E-state index is 0.547. The Labute approximate surface area is 72.2 Å². The molecule has 0 aliphatic carbocycles. The third-order valence-corrected chi connectivity index (χ3v) is 1.26. The Morgan fingerprint density at radius 3 is 2.08 bits per heavy atom. The van der Waals surface area contributed by atoms with Gasteiger partial charge in [-0.15, -0.1) is 0 Å². The number of nitrogens with zero attached hydrogens (tertiary/aromatic N) is 1. The van der Waals surface area contributed by atoms with Gasteiger partial charge < -0.3 is 10.4 Å². The second-order valence-corrected chi connectivity index (χ2v) is 3.75. The van der Waals surface area contributed by atoms with E-state index in [0.717, 1.165) is 0 Å². The molecule has 0 bridgehead atoms. The van der Waals surface area contributed by atoms with E-state index in [1.807, 2.05) is 6.07 Å². The van der Waals surface area contributed by atoms with E-state index in [1.54, 1.807) is 13.8 Å². The summed E-state index contributed by atoms with van der Waals surface area (Å²) in [5.41, 5.74) is -2.37. The van der Waals surface area contributed by atoms with Crippen molar-refractivity contribution in [2.45, 2.75) is 38.8 Å². The second kappa shape index (κ2) is 3.11. The standard InChI is InChI=1S/C8H14N2O2/c1-7(2,5-9)10-6(11)8(3,4)12/h12H,1-4H3,(H,10,11). The van der Waals surface area contributed by atoms with E-state index >= 15 is 0 Å². The molecule has 0 unspecified atom stereocenters. The van der Waals surface area contributed by atoms with Crippen LogP contribution in [-0.4, -0.2) is 22.2 Å². The molecule has 0 aliphatic heterocycles. The van der Waals surface area contributed by atoms with Crippen LogP contribution in [0.1, 0.15) is 27.7 Å². The average Bonchev–Trinajstić information content (AvgIpc) is 1.85. The van der Waals surface area contributed by atoms with Gasteiger partial charge in [-0.25, -0.2) is 0 Å². The molecular weight excluding hydrogens is 156 g/mol. The van der Waals surface area contributed by atoms with Crippen molar-refractivity contribution in [3.8, 4) is 6.07 Å². The summed E-state index contributed by atoms with van der Waals surface area (Å²) in [7, 11) is 0. The first-order chi connectivity index (χ1) is 5.19. The van der Waals surface area contributed by atoms with E-state index in [4.69, 9.17) is 5.26 Å². The first-order valence-electron chi connectivity index (χ1n) is 3.65. The Hall–Kier alpha value is -1.08. The molecule has 4 heteroatoms. The minimum Gasteiger partial charge on any atom is -0.381 e. The number of aliphatic hydroxyl groups is 1. The lowest BCUT2D eigenvalue weighted by Gasteiger charge is -2.23. The van der Waals surface area contributed by atoms with Gasteiger partial charge in [0.25, 0.3) is 5.91 Å². The Balaban J connectivity index is 4.33. The van der Waals surface area contributed by atoms with Crippen LogP contribution >= 0.6 is 0 Å². The van der Waals surface area contributed by atoms with Crippen LogP contribution in [0.15, 0.2) is 0 Å². The van der Waals surface area contributed by atoms with Crippen LogP contribution in [0.3, 0.4) is 0 Å². The molecule has 0 heterocycles. The Kier molecular flexibility index (Phi) is 2.83. The van der Waals surface area contributed by atoms with Crippen LogP contribution in [0.5, 0.6) is 0 Å². The van der Waals surface area contributed by atoms with Crippen LogP contribution < -0.4 is 5.32 Å². The number of nitriles is 1. The summed E-state index contributed by atoms with van der Waals surface area (Å²) in [5, 5.41) is 20.2. The zero-order valence-electron chi connectivity index (χ0n) is 7.80. The number of nitrogens with one attached hydrogen (secondary N) is 1. The lowest BCUT2D eigenvalue weighted by atomic mass is 10.0. The Morgan fingerprint density at radius 2 is 1.83 bits per heavy atom. The molecule has 0 aromatic rings. The number of hydrogen-bond donors (Lipinski definition) is 2. The zero-order chi connectivity index (χ0) is 9.99. The Bertz CT molecular complexity index is 220. The topological polar surface area (TPSA) is 73.1 Å². The molecule has 2 N–H and O–H groups in total. The average molecular weight is 170 g/mol. The van der Waals surface area contributed by atoms with Crippen molar-refractivity contribution in [2.24, 2.45) is 0 Å². The molecule has 0 aromatic carbocycles. The molecule has 68 valence electrons. The van der Waals surface area contributed by atoms with Gasteiger partial charge in [0.2, 0.25) is 0 Å². The summed E-state index contributed by atoms with van der Waals surface area (Å²) in [5.74, 6) is -0.547. The number of hydrogen-bond acceptors (Lipinski definition) is 3. The van der Waals surface area contributed by atoms with Crippen molar-refractivity contribution in [2.75, 3.05) is 0 Å². The molecule has 0 saturated carbocycles. The molecule has 4 nitrogen and oxygen atoms in total. The molecule has 1 amide bonds. The van der Waals surface area contributed by atoms with E-state index in [1.165, 1.54) is 13.8 Å². The lowest BCUT2D eigenvalue weighted by Crippen LogP contribution is -2.50. The summed E-state index contributed by atoms with van der Waals surface area (Å²) in [4.78, 5) is 11.1. The first-order valence-corrected chi connectivity index (χ1v) is 3.65. The third-order valence-electron chi connectivity index (χ3n) is 1.26. The molecule has 0 atom stereocenters. The fourth-order valence-corrected chi connectivity index (χ4v) is 0.465. The molecule has 0 fully saturated rings. The number of amides is 1. The van der Waals surface area contributed by atoms with E-state index in [0.29, 0.717) is 0 Å². The smallest absolute Gasteiger partial charge is 0.252 e. The van der Waals surface area contributed by atoms with E-state index in [-0.39, 0.29) is 0 Å². The summed E-state index contributed by atoms with van der Waals surface area (Å²) in [6, 6.07) is 1.90. The summed E-state index contributed by atoms with van der Waals surface area (Å²) in [6.07, 6.45) is 0. The van der Waals surface area contributed by atoms with Crippen molar-refractivity contribution >= 4 is 5.91 Å². The maximum atomic E-state index is 11.1. The zero-order valence-corrected chi connectivity index (χ0v) is 7.80. The van der Waals surface area contributed by atoms with Crippen LogP contribution in [-0.2, 0) is 4.79 Å². The normalized spacial score (nSPS) is 12.0. The molecule has 12 heavy (non-hydrogen) atoms. The highest BCUT2D eigenvalue weighted by Crippen LogP contribution is 2.05. The number of carbonyl (C=O) groups excluding carboxylic acids is 1. The summed E-state index contributed by atoms with van der Waals surface area (Å²) in [6.45, 7) is 5.87. The van der Waals surface area contributed by atoms with Crippen molar-refractivity contribution in [3.63, 3.8) is 0 Å². The quantitative estimate of drug-likeness (QED) is 0.620. The van der Waals surface area contributed by atoms with E-state index in [9.17, 15) is 9.90 Å². The molecule has 0 saturated heterocycles. The highest BCUT2D eigenvalue weighted by Gasteiger charge is 2.29. The van der Waals surface area contributed by atoms with Crippen molar-refractivity contribution in [1.29, 1.82) is 5.26 Å². The van der Waals surface area contributed by atoms with Crippen molar-refractivity contribution in [1.82, 2.24) is 5.32 Å². The maximum Gasteiger partial charge on any atom is 0.252 e. The molecule has 0 aliphatic rings. The van der Waals surface area contributed by atoms with Crippen molar-refractivity contribution < 1.29 is 9.90 Å². The summed E-state index contributed by atoms with van der Waals surface area (Å²) >= 11 is 0. The number of rotatable bonds is 2. The lowest BCUT2D eigenvalue weighted by molar-refractivity contribution is -0.137. The van der Waals surface area contributed by atoms with E-state index in [2.05, 4.69) is 5.32 Å². The fourth-order valence-electron chi connectivity index (χ4n) is 0.465. The van der Waals surface area contributed by atoms with Crippen LogP contribution in [0, 0.1) is 11.3 Å². The number of carbonyl (C=O) groups is 1. The van der Waals surface area contributed by atoms with Gasteiger partial charge in [0.1, 0.15) is 11.1 Å². The molecule has 0 rings (SSSR count). The summed E-state index contributed by atoms with van der Waals surface area (Å²) < 4.78 is 0. The molecular formula is C8H14N2O2. The van der Waals surface area contributed by atoms with Gasteiger partial charge in [-0.1, -0.05) is 0 Å². The van der Waals surface area contributed by atoms with Crippen LogP contribution in [0.25, 0.3) is 0 Å². The fraction of sp³-hybridized carbons (Fsp3) is 0.750. The highest BCUT2D eigenvalue weighted by molar-refractivity contribution is 5.84. The third kappa shape index (κ3) is 3.35. The molecule has 0 spiro atoms. The molecule has 0 radical (unpaired) electrons. The van der Waals surface area contributed by atoms with Crippen LogP contribution in [0.4, 0.5) is 0 Å². The second-order valence-electron chi connectivity index (χ2n) is 3.75. The Morgan fingerprint density at radius 1 is 1.42 bits per heavy atom. The predicted octanol–water partition coefficient (Wildman–Crippen LogP) is 0.176. The van der Waals surface area contributed by atoms with Gasteiger partial charge in [-0.05, 0) is 27.7 Å². The van der Waals surface area contributed by atoms with Gasteiger partial charge in [0.05, 0.1) is 6.07 Å². The van der Waals surface area contributed by atoms with Gasteiger partial charge in [0.15, 0.2) is 0 Å². The van der Waals surface area contributed by atoms with Crippen molar-refractivity contribution in [3.05, 3.63) is 0 Å². The molecule has 0 aromatic heterocycles. The SMILES string of the molecule is CC(C)(C#N)NC(=O)C(C)(C)O. The predicted molar refractivity (Wildman–Crippen MR) is 44.1 cm³/mol. The minimum atomic E-state index is -1.44. The van der Waals surface area contributed by atoms with E-state index < -0.39 is 17.0 Å². The first kappa shape index (κ1) is 10.9. The van der Waals surface area contributed by atoms with Gasteiger partial charge in [-0.2, -0.15) is 5.26 Å². The maximum absolute atomic E-state index is 11.1. The van der Waals surface area contributed by atoms with Crippen LogP contribution in [0.2, 0.25) is 0 Å². The highest BCUT2D eigenvalue weighted by atomic mass is 16.3. The van der Waals surface area contributed by atoms with Gasteiger partial charge >= 0.3 is 0 Å². The van der Waals surface area contributed by atoms with Gasteiger partial charge in [-0.3, -0.25) is 4.79 Å². The largest absolute Gasteiger partial charge is 0.381 e.